The summed E-state index contributed by atoms with van der Waals surface area (Å²) in [7, 11) is 0. The van der Waals surface area contributed by atoms with Gasteiger partial charge in [0.2, 0.25) is 0 Å². The molecule has 11 rings (SSSR count). The summed E-state index contributed by atoms with van der Waals surface area (Å²) in [6.07, 6.45) is 18.1. The van der Waals surface area contributed by atoms with Crippen LogP contribution in [0.4, 0.5) is 0 Å². The maximum Gasteiger partial charge on any atom is -0.00139 e. The highest BCUT2D eigenvalue weighted by Gasteiger charge is 2.30. The molecular formula is C60H60. The third kappa shape index (κ3) is 5.69. The molecule has 2 unspecified atom stereocenters. The van der Waals surface area contributed by atoms with E-state index in [1.807, 2.05) is 0 Å². The second-order valence-corrected chi connectivity index (χ2v) is 18.7. The molecule has 0 spiro atoms. The van der Waals surface area contributed by atoms with Crippen molar-refractivity contribution in [2.24, 2.45) is 0 Å². The van der Waals surface area contributed by atoms with Gasteiger partial charge in [0.15, 0.2) is 0 Å². The van der Waals surface area contributed by atoms with Gasteiger partial charge in [-0.3, -0.25) is 0 Å². The molecule has 0 fully saturated rings. The van der Waals surface area contributed by atoms with Crippen LogP contribution in [-0.2, 0) is 0 Å². The molecule has 1 aliphatic rings. The summed E-state index contributed by atoms with van der Waals surface area (Å²) in [6.45, 7) is 9.62. The van der Waals surface area contributed by atoms with E-state index in [4.69, 9.17) is 0 Å². The van der Waals surface area contributed by atoms with Gasteiger partial charge in [-0.2, -0.15) is 0 Å². The van der Waals surface area contributed by atoms with E-state index in [1.165, 1.54) is 188 Å². The molecule has 0 N–H and O–H groups in total. The van der Waals surface area contributed by atoms with Crippen molar-refractivity contribution >= 4 is 86.2 Å². The Hall–Kier alpha value is -5.20. The van der Waals surface area contributed by atoms with Crippen molar-refractivity contribution < 1.29 is 0 Å². The summed E-state index contributed by atoms with van der Waals surface area (Å²) in [5.74, 6) is 1.02. The molecule has 0 heterocycles. The Balaban J connectivity index is 1.23. The first-order valence-electron chi connectivity index (χ1n) is 24.0. The largest absolute Gasteiger partial charge is 0.0654 e. The smallest absolute Gasteiger partial charge is 0.00139 e. The van der Waals surface area contributed by atoms with Gasteiger partial charge in [-0.05, 0) is 181 Å². The van der Waals surface area contributed by atoms with Crippen LogP contribution in [0.15, 0.2) is 109 Å². The zero-order valence-electron chi connectivity index (χ0n) is 36.4. The molecule has 0 saturated carbocycles. The first kappa shape index (κ1) is 37.8. The first-order valence-corrected chi connectivity index (χ1v) is 24.0. The molecule has 300 valence electrons. The highest BCUT2D eigenvalue weighted by Crippen LogP contribution is 2.56. The summed E-state index contributed by atoms with van der Waals surface area (Å²) in [5.41, 5.74) is 8.85. The molecular weight excluding hydrogens is 721 g/mol. The third-order valence-corrected chi connectivity index (χ3v) is 15.3. The number of hydrogen-bond acceptors (Lipinski definition) is 0. The quantitative estimate of drug-likeness (QED) is 0.0857. The Labute approximate surface area is 356 Å². The molecule has 0 aliphatic heterocycles. The molecule has 0 radical (unpaired) electrons. The maximum atomic E-state index is 2.72. The Morgan fingerprint density at radius 3 is 1.25 bits per heavy atom. The molecule has 10 aromatic rings. The lowest BCUT2D eigenvalue weighted by Gasteiger charge is -2.26. The summed E-state index contributed by atoms with van der Waals surface area (Å²) >= 11 is 0. The molecule has 0 heteroatoms. The van der Waals surface area contributed by atoms with Crippen LogP contribution in [0.3, 0.4) is 0 Å². The molecule has 60 heavy (non-hydrogen) atoms. The summed E-state index contributed by atoms with van der Waals surface area (Å²) in [4.78, 5) is 0. The summed E-state index contributed by atoms with van der Waals surface area (Å²) in [6, 6.07) is 43.4. The third-order valence-electron chi connectivity index (χ3n) is 15.3. The SMILES string of the molecule is CCCCCCCC(CC)c1c2cc3c(cc2c(C(CC)CCCCCCC)c2c4cccc5cccc(c12)c54)c1ccc2c4c(ccc3c41)-c1cc3ccccc3cc1-2. The molecule has 2 atom stereocenters. The van der Waals surface area contributed by atoms with Crippen molar-refractivity contribution in [3.8, 4) is 22.3 Å². The van der Waals surface area contributed by atoms with Crippen molar-refractivity contribution in [1.29, 1.82) is 0 Å². The minimum absolute atomic E-state index is 0.511. The van der Waals surface area contributed by atoms with E-state index in [2.05, 4.69) is 137 Å². The van der Waals surface area contributed by atoms with Gasteiger partial charge in [-0.1, -0.05) is 177 Å². The number of unbranched alkanes of at least 4 members (excludes halogenated alkanes) is 8. The Kier molecular flexibility index (Phi) is 9.67. The van der Waals surface area contributed by atoms with Crippen LogP contribution in [0.1, 0.15) is 141 Å². The van der Waals surface area contributed by atoms with E-state index in [-0.39, 0.29) is 0 Å². The van der Waals surface area contributed by atoms with Gasteiger partial charge in [0.25, 0.3) is 0 Å². The van der Waals surface area contributed by atoms with Crippen LogP contribution >= 0.6 is 0 Å². The van der Waals surface area contributed by atoms with Crippen LogP contribution < -0.4 is 0 Å². The standard InChI is InChI=1S/C60H60/c1-5-9-11-13-15-21-37(7-3)55-52-35-50-44-31-29-42-48-33-40-23-17-18-24-41(40)34-49(48)43-30-32-45(58(44)57(42)43)51(50)36-53(52)56(38(8-4)22-16-14-12-10-6-2)60-47-28-20-26-39-25-19-27-46(54(39)47)59(55)60/h17-20,23-38H,5-16,21-22H2,1-4H3. The summed E-state index contributed by atoms with van der Waals surface area (Å²) in [5, 5.41) is 23.3. The van der Waals surface area contributed by atoms with Gasteiger partial charge >= 0.3 is 0 Å². The minimum atomic E-state index is 0.511. The highest BCUT2D eigenvalue weighted by molar-refractivity contribution is 6.39. The Bertz CT molecular complexity index is 3010. The van der Waals surface area contributed by atoms with Gasteiger partial charge in [0, 0.05) is 0 Å². The van der Waals surface area contributed by atoms with E-state index in [9.17, 15) is 0 Å². The number of hydrogen-bond donors (Lipinski definition) is 0. The normalized spacial score (nSPS) is 13.8. The number of rotatable bonds is 16. The van der Waals surface area contributed by atoms with Crippen molar-refractivity contribution in [2.75, 3.05) is 0 Å². The fourth-order valence-corrected chi connectivity index (χ4v) is 12.4. The molecule has 1 aliphatic carbocycles. The lowest BCUT2D eigenvalue weighted by Crippen LogP contribution is -2.05. The van der Waals surface area contributed by atoms with Crippen LogP contribution in [0.5, 0.6) is 0 Å². The van der Waals surface area contributed by atoms with E-state index in [0.29, 0.717) is 11.8 Å². The van der Waals surface area contributed by atoms with Crippen molar-refractivity contribution in [3.05, 3.63) is 120 Å². The molecule has 0 nitrogen and oxygen atoms in total. The van der Waals surface area contributed by atoms with E-state index < -0.39 is 0 Å². The van der Waals surface area contributed by atoms with Crippen LogP contribution in [-0.4, -0.2) is 0 Å². The number of fused-ring (bicyclic) bond motifs is 11. The van der Waals surface area contributed by atoms with Gasteiger partial charge in [-0.15, -0.1) is 0 Å². The van der Waals surface area contributed by atoms with Gasteiger partial charge in [0.05, 0.1) is 0 Å². The van der Waals surface area contributed by atoms with E-state index >= 15 is 0 Å². The maximum absolute atomic E-state index is 2.72. The van der Waals surface area contributed by atoms with Crippen LogP contribution in [0, 0.1) is 0 Å². The second-order valence-electron chi connectivity index (χ2n) is 18.7. The lowest BCUT2D eigenvalue weighted by atomic mass is 9.78. The average Bonchev–Trinajstić information content (AvgIpc) is 3.90. The fraction of sp³-hybridized carbons (Fsp3) is 0.333. The Morgan fingerprint density at radius 2 is 0.783 bits per heavy atom. The Morgan fingerprint density at radius 1 is 0.317 bits per heavy atom. The summed E-state index contributed by atoms with van der Waals surface area (Å²) < 4.78 is 0. The van der Waals surface area contributed by atoms with Gasteiger partial charge in [0.1, 0.15) is 0 Å². The van der Waals surface area contributed by atoms with Crippen LogP contribution in [0.2, 0.25) is 0 Å². The fourth-order valence-electron chi connectivity index (χ4n) is 12.4. The molecule has 0 saturated heterocycles. The zero-order chi connectivity index (χ0) is 40.5. The minimum Gasteiger partial charge on any atom is -0.0654 e. The zero-order valence-corrected chi connectivity index (χ0v) is 36.4. The van der Waals surface area contributed by atoms with E-state index in [1.54, 1.807) is 21.9 Å². The first-order chi connectivity index (χ1) is 29.6. The van der Waals surface area contributed by atoms with E-state index in [0.717, 1.165) is 0 Å². The van der Waals surface area contributed by atoms with Crippen molar-refractivity contribution in [1.82, 2.24) is 0 Å². The van der Waals surface area contributed by atoms with Crippen molar-refractivity contribution in [3.63, 3.8) is 0 Å². The van der Waals surface area contributed by atoms with Crippen molar-refractivity contribution in [2.45, 2.75) is 129 Å². The molecule has 0 amide bonds. The molecule has 0 aromatic heterocycles. The predicted molar refractivity (Wildman–Crippen MR) is 266 cm³/mol. The van der Waals surface area contributed by atoms with Gasteiger partial charge in [-0.25, -0.2) is 0 Å². The predicted octanol–water partition coefficient (Wildman–Crippen LogP) is 19.1. The topological polar surface area (TPSA) is 0 Å². The lowest BCUT2D eigenvalue weighted by molar-refractivity contribution is 0.536. The van der Waals surface area contributed by atoms with Crippen LogP contribution in [0.25, 0.3) is 108 Å². The average molecular weight is 781 g/mol. The van der Waals surface area contributed by atoms with Gasteiger partial charge < -0.3 is 0 Å². The molecule has 0 bridgehead atoms. The second kappa shape index (κ2) is 15.4. The highest BCUT2D eigenvalue weighted by atomic mass is 14.3. The monoisotopic (exact) mass is 780 g/mol. The number of benzene rings is 8. The molecule has 10 aromatic carbocycles.